The van der Waals surface area contributed by atoms with Gasteiger partial charge in [0.05, 0.1) is 26.4 Å². The molecule has 0 aromatic carbocycles. The lowest BCUT2D eigenvalue weighted by atomic mass is 10.0. The molecule has 19 heteroatoms. The van der Waals surface area contributed by atoms with Crippen LogP contribution < -0.4 is 0 Å². The van der Waals surface area contributed by atoms with Gasteiger partial charge in [0.25, 0.3) is 0 Å². The number of hydrogen-bond donors (Lipinski definition) is 3. The summed E-state index contributed by atoms with van der Waals surface area (Å²) in [5, 5.41) is 10.6. The Hall–Kier alpha value is -3.76. The van der Waals surface area contributed by atoms with Crippen LogP contribution in [0.1, 0.15) is 349 Å². The normalized spacial score (nSPS) is 14.3. The van der Waals surface area contributed by atoms with Crippen molar-refractivity contribution in [3.8, 4) is 0 Å². The van der Waals surface area contributed by atoms with Gasteiger partial charge in [-0.2, -0.15) is 0 Å². The second kappa shape index (κ2) is 73.5. The van der Waals surface area contributed by atoms with Gasteiger partial charge in [-0.05, 0) is 116 Å². The number of allylic oxidation sites excluding steroid dienone is 14. The van der Waals surface area contributed by atoms with E-state index in [1.807, 2.05) is 0 Å². The molecular formula is C81H144O17P2. The highest BCUT2D eigenvalue weighted by atomic mass is 31.2. The predicted molar refractivity (Wildman–Crippen MR) is 409 cm³/mol. The van der Waals surface area contributed by atoms with Gasteiger partial charge < -0.3 is 33.8 Å². The van der Waals surface area contributed by atoms with Crippen LogP contribution in [-0.2, 0) is 65.4 Å². The Balaban J connectivity index is 5.31. The average molecular weight is 1450 g/mol. The molecule has 0 heterocycles. The summed E-state index contributed by atoms with van der Waals surface area (Å²) < 4.78 is 68.5. The van der Waals surface area contributed by atoms with Crippen molar-refractivity contribution in [3.05, 3.63) is 85.1 Å². The van der Waals surface area contributed by atoms with Gasteiger partial charge in [0, 0.05) is 25.7 Å². The van der Waals surface area contributed by atoms with E-state index in [-0.39, 0.29) is 25.7 Å². The number of aliphatic hydroxyl groups is 1. The molecule has 5 unspecified atom stereocenters. The molecule has 3 N–H and O–H groups in total. The molecule has 0 fully saturated rings. The minimum atomic E-state index is -4.98. The Morgan fingerprint density at radius 2 is 0.530 bits per heavy atom. The van der Waals surface area contributed by atoms with Crippen molar-refractivity contribution in [2.75, 3.05) is 39.6 Å². The summed E-state index contributed by atoms with van der Waals surface area (Å²) in [6.45, 7) is 4.70. The maximum atomic E-state index is 13.1. The molecular weight excluding hydrogens is 1310 g/mol. The monoisotopic (exact) mass is 1450 g/mol. The van der Waals surface area contributed by atoms with Crippen molar-refractivity contribution in [2.45, 2.75) is 367 Å². The number of unbranched alkanes of at least 4 members (excludes halogenated alkanes) is 35. The first-order valence-corrected chi connectivity index (χ1v) is 42.8. The molecule has 0 radical (unpaired) electrons. The standard InChI is InChI=1S/C81H144O17P2/c1-5-9-13-17-21-25-29-32-35-36-37-38-41-43-47-50-54-58-62-66-79(84)91-71-76(97-80(85)67-63-59-55-51-45-28-24-20-16-12-8-4)73-95-99(87,88)93-69-75(82)70-94-100(89,90)96-74-77(98-81(86)68-64-60-56-52-48-44-40-34-31-27-23-19-15-11-7-3)72-92-78(83)65-61-57-53-49-46-42-39-33-30-26-22-18-14-10-6-2/h10,14,20-22,24-26,32-33,35,37-39,75-77,82H,5-9,11-13,15-19,23,27-31,34,36,40-74H2,1-4H3,(H,87,88)(H,89,90)/b14-10-,24-20-,25-21-,26-22-,35-32-,38-37-,39-33-. The van der Waals surface area contributed by atoms with Crippen molar-refractivity contribution >= 4 is 39.5 Å². The quantitative estimate of drug-likeness (QED) is 0.0169. The van der Waals surface area contributed by atoms with Crippen molar-refractivity contribution in [2.24, 2.45) is 0 Å². The lowest BCUT2D eigenvalue weighted by molar-refractivity contribution is -0.161. The predicted octanol–water partition coefficient (Wildman–Crippen LogP) is 23.0. The summed E-state index contributed by atoms with van der Waals surface area (Å²) >= 11 is 0. The number of hydrogen-bond acceptors (Lipinski definition) is 15. The third kappa shape index (κ3) is 72.6. The number of ether oxygens (including phenoxy) is 4. The molecule has 0 amide bonds. The van der Waals surface area contributed by atoms with E-state index < -0.39 is 97.5 Å². The minimum absolute atomic E-state index is 0.0827. The molecule has 0 bridgehead atoms. The number of esters is 4. The summed E-state index contributed by atoms with van der Waals surface area (Å²) in [6, 6.07) is 0. The Labute approximate surface area is 608 Å². The Morgan fingerprint density at radius 1 is 0.290 bits per heavy atom. The van der Waals surface area contributed by atoms with E-state index in [0.717, 1.165) is 173 Å². The van der Waals surface area contributed by atoms with Gasteiger partial charge in [-0.25, -0.2) is 9.13 Å². The van der Waals surface area contributed by atoms with Crippen molar-refractivity contribution in [1.82, 2.24) is 0 Å². The first kappa shape index (κ1) is 96.2. The molecule has 100 heavy (non-hydrogen) atoms. The Bertz CT molecular complexity index is 2230. The number of phosphoric ester groups is 2. The van der Waals surface area contributed by atoms with Gasteiger partial charge in [0.2, 0.25) is 0 Å². The molecule has 0 aliphatic heterocycles. The van der Waals surface area contributed by atoms with Crippen molar-refractivity contribution in [1.29, 1.82) is 0 Å². The van der Waals surface area contributed by atoms with Crippen LogP contribution >= 0.6 is 15.6 Å². The molecule has 0 aromatic rings. The molecule has 0 saturated heterocycles. The fourth-order valence-electron chi connectivity index (χ4n) is 10.8. The first-order chi connectivity index (χ1) is 48.7. The first-order valence-electron chi connectivity index (χ1n) is 39.8. The number of carbonyl (C=O) groups excluding carboxylic acids is 4. The summed E-state index contributed by atoms with van der Waals surface area (Å²) in [7, 11) is -9.95. The Morgan fingerprint density at radius 3 is 0.860 bits per heavy atom. The minimum Gasteiger partial charge on any atom is -0.462 e. The van der Waals surface area contributed by atoms with Crippen LogP contribution in [-0.4, -0.2) is 96.7 Å². The van der Waals surface area contributed by atoms with E-state index >= 15 is 0 Å². The summed E-state index contributed by atoms with van der Waals surface area (Å²) in [4.78, 5) is 72.9. The van der Waals surface area contributed by atoms with Crippen molar-refractivity contribution in [3.63, 3.8) is 0 Å². The second-order valence-corrected chi connectivity index (χ2v) is 29.5. The highest BCUT2D eigenvalue weighted by Crippen LogP contribution is 2.45. The molecule has 0 aromatic heterocycles. The zero-order valence-corrected chi connectivity index (χ0v) is 65.2. The fraction of sp³-hybridized carbons (Fsp3) is 0.778. The Kier molecular flexibility index (Phi) is 70.8. The zero-order chi connectivity index (χ0) is 73.2. The molecule has 0 rings (SSSR count). The van der Waals surface area contributed by atoms with Crippen LogP contribution in [0.5, 0.6) is 0 Å². The summed E-state index contributed by atoms with van der Waals surface area (Å²) in [6.07, 6.45) is 75.6. The molecule has 5 atom stereocenters. The largest absolute Gasteiger partial charge is 0.472 e. The third-order valence-electron chi connectivity index (χ3n) is 16.8. The second-order valence-electron chi connectivity index (χ2n) is 26.6. The highest BCUT2D eigenvalue weighted by Gasteiger charge is 2.30. The third-order valence-corrected chi connectivity index (χ3v) is 18.7. The maximum Gasteiger partial charge on any atom is 0.472 e. The smallest absolute Gasteiger partial charge is 0.462 e. The molecule has 17 nitrogen and oxygen atoms in total. The number of phosphoric acid groups is 2. The van der Waals surface area contributed by atoms with E-state index in [4.69, 9.17) is 37.0 Å². The van der Waals surface area contributed by atoms with Crippen molar-refractivity contribution < 1.29 is 80.2 Å². The van der Waals surface area contributed by atoms with E-state index in [1.54, 1.807) is 0 Å². The van der Waals surface area contributed by atoms with Gasteiger partial charge in [0.1, 0.15) is 19.3 Å². The molecule has 0 aliphatic rings. The van der Waals surface area contributed by atoms with Gasteiger partial charge in [-0.1, -0.05) is 293 Å². The van der Waals surface area contributed by atoms with E-state index in [0.29, 0.717) is 25.7 Å². The van der Waals surface area contributed by atoms with E-state index in [9.17, 15) is 43.2 Å². The van der Waals surface area contributed by atoms with Crippen LogP contribution in [0.3, 0.4) is 0 Å². The summed E-state index contributed by atoms with van der Waals surface area (Å²) in [5.41, 5.74) is 0. The molecule has 0 saturated carbocycles. The van der Waals surface area contributed by atoms with Gasteiger partial charge in [0.15, 0.2) is 12.2 Å². The SMILES string of the molecule is CC/C=C\C/C=C\C/C=C\CCCCCCCC(=O)OCC(COP(=O)(O)OCC(O)COP(=O)(O)OCC(COC(=O)CCCCCCCC/C=C\C/C=C\C/C=C\CCCCC)OC(=O)CCCCCCC/C=C\CCCC)OC(=O)CCCCCCCCCCCCCCCCC. The van der Waals surface area contributed by atoms with Gasteiger partial charge in [-0.3, -0.25) is 37.3 Å². The topological polar surface area (TPSA) is 237 Å². The van der Waals surface area contributed by atoms with Crippen LogP contribution in [0.25, 0.3) is 0 Å². The lowest BCUT2D eigenvalue weighted by Gasteiger charge is -2.21. The fourth-order valence-corrected chi connectivity index (χ4v) is 12.3. The average Bonchev–Trinajstić information content (AvgIpc) is 0.966. The van der Waals surface area contributed by atoms with Crippen LogP contribution in [0.4, 0.5) is 0 Å². The van der Waals surface area contributed by atoms with Gasteiger partial charge in [-0.15, -0.1) is 0 Å². The number of rotatable bonds is 75. The van der Waals surface area contributed by atoms with Gasteiger partial charge >= 0.3 is 39.5 Å². The van der Waals surface area contributed by atoms with E-state index in [2.05, 4.69) is 113 Å². The zero-order valence-electron chi connectivity index (χ0n) is 63.4. The number of carbonyl (C=O) groups is 4. The highest BCUT2D eigenvalue weighted by molar-refractivity contribution is 7.47. The van der Waals surface area contributed by atoms with E-state index in [1.165, 1.54) is 96.3 Å². The van der Waals surface area contributed by atoms with Crippen LogP contribution in [0.15, 0.2) is 85.1 Å². The molecule has 0 aliphatic carbocycles. The lowest BCUT2D eigenvalue weighted by Crippen LogP contribution is -2.30. The molecule has 580 valence electrons. The summed E-state index contributed by atoms with van der Waals surface area (Å²) in [5.74, 6) is -2.19. The maximum absolute atomic E-state index is 13.1. The van der Waals surface area contributed by atoms with Crippen LogP contribution in [0, 0.1) is 0 Å². The van der Waals surface area contributed by atoms with Crippen LogP contribution in [0.2, 0.25) is 0 Å². The number of aliphatic hydroxyl groups excluding tert-OH is 1. The molecule has 0 spiro atoms.